The first-order valence-corrected chi connectivity index (χ1v) is 6.82. The molecule has 7 heteroatoms. The van der Waals surface area contributed by atoms with Gasteiger partial charge in [0.05, 0.1) is 5.56 Å². The smallest absolute Gasteiger partial charge is 0.416 e. The van der Waals surface area contributed by atoms with E-state index in [9.17, 15) is 13.2 Å². The molecule has 0 amide bonds. The van der Waals surface area contributed by atoms with Crippen LogP contribution in [-0.4, -0.2) is 36.1 Å². The Balaban J connectivity index is 2.04. The second-order valence-corrected chi connectivity index (χ2v) is 5.34. The number of ether oxygens (including phenoxy) is 1. The van der Waals surface area contributed by atoms with Crippen molar-refractivity contribution in [1.29, 1.82) is 0 Å². The van der Waals surface area contributed by atoms with E-state index in [2.05, 4.69) is 9.88 Å². The molecular weight excluding hydrogens is 293 g/mol. The van der Waals surface area contributed by atoms with Crippen LogP contribution in [0.3, 0.4) is 0 Å². The van der Waals surface area contributed by atoms with Crippen molar-refractivity contribution < 1.29 is 17.9 Å². The summed E-state index contributed by atoms with van der Waals surface area (Å²) in [5.74, 6) is -0.0798. The lowest BCUT2D eigenvalue weighted by Crippen LogP contribution is -2.40. The third kappa shape index (κ3) is 3.99. The topological polar surface area (TPSA) is 25.4 Å². The molecule has 0 radical (unpaired) electrons. The minimum absolute atomic E-state index is 0.0798. The first-order chi connectivity index (χ1) is 9.36. The van der Waals surface area contributed by atoms with Crippen LogP contribution < -0.4 is 4.74 Å². The molecule has 3 nitrogen and oxygen atoms in total. The van der Waals surface area contributed by atoms with E-state index in [0.29, 0.717) is 6.61 Å². The van der Waals surface area contributed by atoms with Crippen LogP contribution in [0, 0.1) is 0 Å². The molecule has 0 N–H and O–H groups in total. The monoisotopic (exact) mass is 308 g/mol. The Morgan fingerprint density at radius 1 is 1.40 bits per heavy atom. The van der Waals surface area contributed by atoms with Crippen molar-refractivity contribution in [3.8, 4) is 5.88 Å². The second kappa shape index (κ2) is 6.18. The molecule has 20 heavy (non-hydrogen) atoms. The summed E-state index contributed by atoms with van der Waals surface area (Å²) in [7, 11) is 1.99. The molecule has 1 fully saturated rings. The maximum absolute atomic E-state index is 12.7. The zero-order valence-electron chi connectivity index (χ0n) is 11.1. The number of likely N-dealkylation sites (tertiary alicyclic amines) is 1. The van der Waals surface area contributed by atoms with E-state index in [4.69, 9.17) is 16.3 Å². The highest BCUT2D eigenvalue weighted by Gasteiger charge is 2.32. The van der Waals surface area contributed by atoms with E-state index in [1.54, 1.807) is 0 Å². The largest absolute Gasteiger partial charge is 0.476 e. The molecule has 1 aromatic rings. The fraction of sp³-hybridized carbons (Fsp3) is 0.615. The van der Waals surface area contributed by atoms with Gasteiger partial charge in [-0.05, 0) is 32.5 Å². The number of halogens is 4. The van der Waals surface area contributed by atoms with Crippen molar-refractivity contribution in [2.24, 2.45) is 0 Å². The second-order valence-electron chi connectivity index (χ2n) is 4.96. The molecule has 1 unspecified atom stereocenters. The van der Waals surface area contributed by atoms with Gasteiger partial charge in [-0.3, -0.25) is 0 Å². The fourth-order valence-corrected chi connectivity index (χ4v) is 2.45. The fourth-order valence-electron chi connectivity index (χ4n) is 2.25. The van der Waals surface area contributed by atoms with Gasteiger partial charge in [-0.2, -0.15) is 13.2 Å². The van der Waals surface area contributed by atoms with Crippen molar-refractivity contribution >= 4 is 11.6 Å². The molecule has 2 rings (SSSR count). The molecule has 1 saturated heterocycles. The average molecular weight is 309 g/mol. The van der Waals surface area contributed by atoms with E-state index in [1.807, 2.05) is 7.05 Å². The first kappa shape index (κ1) is 15.4. The third-order valence-electron chi connectivity index (χ3n) is 3.44. The minimum Gasteiger partial charge on any atom is -0.476 e. The Bertz CT molecular complexity index is 467. The van der Waals surface area contributed by atoms with Crippen LogP contribution in [0.4, 0.5) is 13.2 Å². The quantitative estimate of drug-likeness (QED) is 0.798. The Morgan fingerprint density at radius 3 is 2.80 bits per heavy atom. The lowest BCUT2D eigenvalue weighted by molar-refractivity contribution is -0.137. The Kier molecular flexibility index (Phi) is 4.75. The number of hydrogen-bond donors (Lipinski definition) is 0. The maximum Gasteiger partial charge on any atom is 0.416 e. The summed E-state index contributed by atoms with van der Waals surface area (Å²) >= 11 is 5.60. The van der Waals surface area contributed by atoms with Gasteiger partial charge < -0.3 is 9.64 Å². The number of nitrogens with zero attached hydrogens (tertiary/aromatic N) is 2. The number of pyridine rings is 1. The highest BCUT2D eigenvalue weighted by molar-refractivity contribution is 6.29. The van der Waals surface area contributed by atoms with Gasteiger partial charge in [0.15, 0.2) is 0 Å². The highest BCUT2D eigenvalue weighted by atomic mass is 35.5. The van der Waals surface area contributed by atoms with Crippen molar-refractivity contribution in [1.82, 2.24) is 9.88 Å². The minimum atomic E-state index is -4.45. The summed E-state index contributed by atoms with van der Waals surface area (Å²) in [4.78, 5) is 5.93. The molecule has 1 aliphatic rings. The number of alkyl halides is 3. The normalized spacial score (nSPS) is 20.9. The predicted molar refractivity (Wildman–Crippen MR) is 70.0 cm³/mol. The predicted octanol–water partition coefficient (Wildman–Crippen LogP) is 3.62. The van der Waals surface area contributed by atoms with Crippen LogP contribution in [0.15, 0.2) is 12.1 Å². The Labute approximate surface area is 120 Å². The van der Waals surface area contributed by atoms with Gasteiger partial charge in [-0.1, -0.05) is 18.0 Å². The number of rotatable bonds is 3. The molecular formula is C13H16ClF3N2O. The van der Waals surface area contributed by atoms with Gasteiger partial charge in [-0.25, -0.2) is 4.98 Å². The zero-order chi connectivity index (χ0) is 14.8. The molecule has 112 valence electrons. The summed E-state index contributed by atoms with van der Waals surface area (Å²) in [6, 6.07) is 1.88. The lowest BCUT2D eigenvalue weighted by Gasteiger charge is -2.32. The van der Waals surface area contributed by atoms with Gasteiger partial charge in [-0.15, -0.1) is 0 Å². The van der Waals surface area contributed by atoms with Crippen LogP contribution in [0.25, 0.3) is 0 Å². The summed E-state index contributed by atoms with van der Waals surface area (Å²) < 4.78 is 43.4. The molecule has 2 heterocycles. The van der Waals surface area contributed by atoms with Crippen LogP contribution >= 0.6 is 11.6 Å². The van der Waals surface area contributed by atoms with E-state index in [1.165, 1.54) is 0 Å². The highest BCUT2D eigenvalue weighted by Crippen LogP contribution is 2.32. The van der Waals surface area contributed by atoms with Gasteiger partial charge in [0.2, 0.25) is 5.88 Å². The van der Waals surface area contributed by atoms with Crippen LogP contribution in [0.5, 0.6) is 5.88 Å². The van der Waals surface area contributed by atoms with E-state index in [-0.39, 0.29) is 17.1 Å². The Morgan fingerprint density at radius 2 is 2.15 bits per heavy atom. The van der Waals surface area contributed by atoms with Crippen molar-refractivity contribution in [3.63, 3.8) is 0 Å². The van der Waals surface area contributed by atoms with Crippen molar-refractivity contribution in [2.75, 3.05) is 20.2 Å². The van der Waals surface area contributed by atoms with E-state index >= 15 is 0 Å². The lowest BCUT2D eigenvalue weighted by atomic mass is 10.0. The summed E-state index contributed by atoms with van der Waals surface area (Å²) in [6.45, 7) is 1.30. The van der Waals surface area contributed by atoms with Crippen LogP contribution in [0.1, 0.15) is 24.8 Å². The van der Waals surface area contributed by atoms with Crippen molar-refractivity contribution in [2.45, 2.75) is 31.5 Å². The Hall–Kier alpha value is -1.01. The average Bonchev–Trinajstić information content (AvgIpc) is 2.36. The molecule has 1 aliphatic heterocycles. The van der Waals surface area contributed by atoms with Crippen molar-refractivity contribution in [3.05, 3.63) is 22.8 Å². The SMILES string of the molecule is CN1CCCCC1COc1cc(C(F)(F)F)cc(Cl)n1. The zero-order valence-corrected chi connectivity index (χ0v) is 11.8. The molecule has 0 bridgehead atoms. The van der Waals surface area contributed by atoms with Gasteiger partial charge in [0, 0.05) is 12.1 Å². The molecule has 1 aromatic heterocycles. The molecule has 0 saturated carbocycles. The summed E-state index contributed by atoms with van der Waals surface area (Å²) in [5, 5.41) is -0.216. The van der Waals surface area contributed by atoms with Gasteiger partial charge >= 0.3 is 6.18 Å². The molecule has 1 atom stereocenters. The number of hydrogen-bond acceptors (Lipinski definition) is 3. The summed E-state index contributed by atoms with van der Waals surface area (Å²) in [6.07, 6.45) is -1.23. The third-order valence-corrected chi connectivity index (χ3v) is 3.64. The van der Waals surface area contributed by atoms with Crippen LogP contribution in [-0.2, 0) is 6.18 Å². The van der Waals surface area contributed by atoms with Gasteiger partial charge in [0.25, 0.3) is 0 Å². The molecule has 0 aliphatic carbocycles. The number of piperidine rings is 1. The van der Waals surface area contributed by atoms with E-state index < -0.39 is 11.7 Å². The molecule has 0 spiro atoms. The maximum atomic E-state index is 12.7. The van der Waals surface area contributed by atoms with Crippen LogP contribution in [0.2, 0.25) is 5.15 Å². The standard InChI is InChI=1S/C13H16ClF3N2O/c1-19-5-3-2-4-10(19)8-20-12-7-9(13(15,16)17)6-11(14)18-12/h6-7,10H,2-5,8H2,1H3. The number of aromatic nitrogens is 1. The van der Waals surface area contributed by atoms with E-state index in [0.717, 1.165) is 37.9 Å². The summed E-state index contributed by atoms with van der Waals surface area (Å²) in [5.41, 5.74) is -0.843. The van der Waals surface area contributed by atoms with Gasteiger partial charge in [0.1, 0.15) is 11.8 Å². The first-order valence-electron chi connectivity index (χ1n) is 6.44. The number of likely N-dealkylation sites (N-methyl/N-ethyl adjacent to an activating group) is 1. The molecule has 0 aromatic carbocycles.